The minimum atomic E-state index is 0.0289. The van der Waals surface area contributed by atoms with Crippen molar-refractivity contribution >= 4 is 5.91 Å². The van der Waals surface area contributed by atoms with Gasteiger partial charge in [-0.1, -0.05) is 18.2 Å². The van der Waals surface area contributed by atoms with Gasteiger partial charge in [0.05, 0.1) is 26.9 Å². The van der Waals surface area contributed by atoms with Crippen molar-refractivity contribution in [3.05, 3.63) is 59.4 Å². The summed E-state index contributed by atoms with van der Waals surface area (Å²) < 4.78 is 12.6. The van der Waals surface area contributed by atoms with Gasteiger partial charge in [0, 0.05) is 30.4 Å². The highest BCUT2D eigenvalue weighted by Crippen LogP contribution is 2.26. The van der Waals surface area contributed by atoms with E-state index in [2.05, 4.69) is 24.0 Å². The number of hydrogen-bond donors (Lipinski definition) is 1. The predicted molar refractivity (Wildman–Crippen MR) is 120 cm³/mol. The van der Waals surface area contributed by atoms with Gasteiger partial charge < -0.3 is 19.7 Å². The quantitative estimate of drug-likeness (QED) is 0.659. The minimum Gasteiger partial charge on any atom is -0.497 e. The van der Waals surface area contributed by atoms with E-state index in [4.69, 9.17) is 14.6 Å². The number of nitrogens with one attached hydrogen (secondary N) is 1. The zero-order valence-electron chi connectivity index (χ0n) is 18.3. The maximum Gasteiger partial charge on any atom is 0.274 e. The summed E-state index contributed by atoms with van der Waals surface area (Å²) in [5.74, 6) is 0.909. The second-order valence-corrected chi connectivity index (χ2v) is 8.14. The summed E-state index contributed by atoms with van der Waals surface area (Å²) in [6.45, 7) is 7.84. The SMILES string of the molecule is C=CCn1nc(C(=O)N2CCOCC2)c2c1CC[C@@H](NCCc1ccc(OC)cc1)C2. The molecule has 166 valence electrons. The van der Waals surface area contributed by atoms with Crippen LogP contribution in [-0.4, -0.2) is 66.6 Å². The number of allylic oxidation sites excluding steroid dienone is 1. The average molecular weight is 425 g/mol. The number of carbonyl (C=O) groups excluding carboxylic acids is 1. The molecule has 2 aromatic rings. The van der Waals surface area contributed by atoms with Crippen LogP contribution in [0.3, 0.4) is 0 Å². The molecule has 1 aliphatic carbocycles. The van der Waals surface area contributed by atoms with Crippen LogP contribution < -0.4 is 10.1 Å². The van der Waals surface area contributed by atoms with Crippen LogP contribution in [0.15, 0.2) is 36.9 Å². The zero-order valence-corrected chi connectivity index (χ0v) is 18.3. The number of ether oxygens (including phenoxy) is 2. The molecular weight excluding hydrogens is 392 g/mol. The maximum atomic E-state index is 13.2. The van der Waals surface area contributed by atoms with Gasteiger partial charge in [0.1, 0.15) is 5.75 Å². The Hall–Kier alpha value is -2.64. The summed E-state index contributed by atoms with van der Waals surface area (Å²) in [6, 6.07) is 8.57. The van der Waals surface area contributed by atoms with Crippen LogP contribution in [0.25, 0.3) is 0 Å². The fourth-order valence-electron chi connectivity index (χ4n) is 4.44. The normalized spacial score (nSPS) is 18.5. The molecule has 1 fully saturated rings. The van der Waals surface area contributed by atoms with E-state index in [0.29, 0.717) is 44.6 Å². The molecule has 0 saturated carbocycles. The lowest BCUT2D eigenvalue weighted by Gasteiger charge is -2.28. The van der Waals surface area contributed by atoms with E-state index in [1.165, 1.54) is 11.3 Å². The number of aromatic nitrogens is 2. The van der Waals surface area contributed by atoms with Gasteiger partial charge in [0.2, 0.25) is 0 Å². The van der Waals surface area contributed by atoms with E-state index in [9.17, 15) is 4.79 Å². The van der Waals surface area contributed by atoms with E-state index in [1.807, 2.05) is 27.8 Å². The first-order valence-corrected chi connectivity index (χ1v) is 11.1. The molecule has 4 rings (SSSR count). The van der Waals surface area contributed by atoms with Gasteiger partial charge in [0.15, 0.2) is 5.69 Å². The smallest absolute Gasteiger partial charge is 0.274 e. The molecule has 1 saturated heterocycles. The number of methoxy groups -OCH3 is 1. The number of amides is 1. The Labute approximate surface area is 184 Å². The highest BCUT2D eigenvalue weighted by atomic mass is 16.5. The van der Waals surface area contributed by atoms with Crippen LogP contribution in [0.2, 0.25) is 0 Å². The summed E-state index contributed by atoms with van der Waals surface area (Å²) in [7, 11) is 1.68. The van der Waals surface area contributed by atoms with Gasteiger partial charge in [0.25, 0.3) is 5.91 Å². The number of morpholine rings is 1. The maximum absolute atomic E-state index is 13.2. The lowest BCUT2D eigenvalue weighted by molar-refractivity contribution is 0.0297. The van der Waals surface area contributed by atoms with Crippen LogP contribution >= 0.6 is 0 Å². The molecule has 2 aliphatic rings. The standard InChI is InChI=1S/C24H32N4O3/c1-3-12-28-22-9-6-19(25-11-10-18-4-7-20(30-2)8-5-18)17-21(22)23(26-28)24(29)27-13-15-31-16-14-27/h3-5,7-8,19,25H,1,6,9-17H2,2H3/t19-/m1/s1. The molecule has 0 bridgehead atoms. The Morgan fingerprint density at radius 1 is 1.32 bits per heavy atom. The molecule has 2 heterocycles. The summed E-state index contributed by atoms with van der Waals surface area (Å²) in [5, 5.41) is 8.40. The number of hydrogen-bond acceptors (Lipinski definition) is 5. The molecule has 1 amide bonds. The van der Waals surface area contributed by atoms with Crippen LogP contribution in [0, 0.1) is 0 Å². The molecule has 1 aliphatic heterocycles. The lowest BCUT2D eigenvalue weighted by atomic mass is 9.91. The van der Waals surface area contributed by atoms with E-state index in [0.717, 1.165) is 43.5 Å². The highest BCUT2D eigenvalue weighted by Gasteiger charge is 2.31. The fourth-order valence-corrected chi connectivity index (χ4v) is 4.44. The van der Waals surface area contributed by atoms with Gasteiger partial charge >= 0.3 is 0 Å². The third-order valence-electron chi connectivity index (χ3n) is 6.16. The fraction of sp³-hybridized carbons (Fsp3) is 0.500. The van der Waals surface area contributed by atoms with E-state index in [1.54, 1.807) is 7.11 Å². The van der Waals surface area contributed by atoms with Crippen molar-refractivity contribution < 1.29 is 14.3 Å². The number of rotatable bonds is 8. The van der Waals surface area contributed by atoms with Crippen LogP contribution in [-0.2, 0) is 30.5 Å². The van der Waals surface area contributed by atoms with Crippen molar-refractivity contribution in [1.29, 1.82) is 0 Å². The predicted octanol–water partition coefficient (Wildman–Crippen LogP) is 2.24. The zero-order chi connectivity index (χ0) is 21.6. The third-order valence-corrected chi connectivity index (χ3v) is 6.16. The molecule has 0 unspecified atom stereocenters. The molecule has 1 N–H and O–H groups in total. The van der Waals surface area contributed by atoms with Crippen molar-refractivity contribution in [2.24, 2.45) is 0 Å². The molecular formula is C24H32N4O3. The molecule has 0 spiro atoms. The Bertz CT molecular complexity index is 900. The van der Waals surface area contributed by atoms with Crippen molar-refractivity contribution in [3.8, 4) is 5.75 Å². The van der Waals surface area contributed by atoms with Crippen molar-refractivity contribution in [2.45, 2.75) is 38.3 Å². The van der Waals surface area contributed by atoms with Crippen molar-refractivity contribution in [2.75, 3.05) is 40.0 Å². The van der Waals surface area contributed by atoms with E-state index < -0.39 is 0 Å². The average Bonchev–Trinajstić information content (AvgIpc) is 3.17. The van der Waals surface area contributed by atoms with E-state index >= 15 is 0 Å². The monoisotopic (exact) mass is 424 g/mol. The molecule has 7 nitrogen and oxygen atoms in total. The Morgan fingerprint density at radius 2 is 2.10 bits per heavy atom. The molecule has 1 aromatic heterocycles. The molecule has 31 heavy (non-hydrogen) atoms. The Balaban J connectivity index is 1.42. The summed E-state index contributed by atoms with van der Waals surface area (Å²) in [5.41, 5.74) is 4.18. The van der Waals surface area contributed by atoms with Gasteiger partial charge in [-0.05, 0) is 49.9 Å². The summed E-state index contributed by atoms with van der Waals surface area (Å²) in [4.78, 5) is 15.1. The first-order chi connectivity index (χ1) is 15.2. The lowest BCUT2D eigenvalue weighted by Crippen LogP contribution is -2.42. The number of benzene rings is 1. The second kappa shape index (κ2) is 10.1. The minimum absolute atomic E-state index is 0.0289. The highest BCUT2D eigenvalue weighted by molar-refractivity contribution is 5.94. The number of carbonyl (C=O) groups is 1. The van der Waals surface area contributed by atoms with Gasteiger partial charge in [-0.25, -0.2) is 0 Å². The number of fused-ring (bicyclic) bond motifs is 1. The van der Waals surface area contributed by atoms with Crippen molar-refractivity contribution in [1.82, 2.24) is 20.0 Å². The number of nitrogens with zero attached hydrogens (tertiary/aromatic N) is 3. The Morgan fingerprint density at radius 3 is 2.81 bits per heavy atom. The largest absolute Gasteiger partial charge is 0.497 e. The second-order valence-electron chi connectivity index (χ2n) is 8.14. The summed E-state index contributed by atoms with van der Waals surface area (Å²) >= 11 is 0. The molecule has 0 radical (unpaired) electrons. The van der Waals surface area contributed by atoms with Gasteiger partial charge in [-0.3, -0.25) is 9.48 Å². The summed E-state index contributed by atoms with van der Waals surface area (Å²) in [6.07, 6.45) is 5.61. The van der Waals surface area contributed by atoms with E-state index in [-0.39, 0.29) is 5.91 Å². The first kappa shape index (κ1) is 21.6. The van der Waals surface area contributed by atoms with Crippen molar-refractivity contribution in [3.63, 3.8) is 0 Å². The topological polar surface area (TPSA) is 68.6 Å². The van der Waals surface area contributed by atoms with Gasteiger partial charge in [-0.2, -0.15) is 5.10 Å². The molecule has 1 aromatic carbocycles. The Kier molecular flexibility index (Phi) is 7.04. The van der Waals surface area contributed by atoms with Gasteiger partial charge in [-0.15, -0.1) is 6.58 Å². The first-order valence-electron chi connectivity index (χ1n) is 11.1. The van der Waals surface area contributed by atoms with Crippen LogP contribution in [0.5, 0.6) is 5.75 Å². The third kappa shape index (κ3) is 4.99. The molecule has 7 heteroatoms. The molecule has 1 atom stereocenters. The van der Waals surface area contributed by atoms with Crippen LogP contribution in [0.4, 0.5) is 0 Å². The van der Waals surface area contributed by atoms with Crippen LogP contribution in [0.1, 0.15) is 33.7 Å².